The summed E-state index contributed by atoms with van der Waals surface area (Å²) in [5, 5.41) is 12.5. The first-order chi connectivity index (χ1) is 12.2. The summed E-state index contributed by atoms with van der Waals surface area (Å²) in [7, 11) is 0. The van der Waals surface area contributed by atoms with E-state index in [1.807, 2.05) is 60.7 Å². The van der Waals surface area contributed by atoms with Crippen molar-refractivity contribution in [2.75, 3.05) is 0 Å². The molecule has 0 saturated carbocycles. The van der Waals surface area contributed by atoms with Crippen molar-refractivity contribution in [1.82, 2.24) is 4.98 Å². The van der Waals surface area contributed by atoms with Gasteiger partial charge in [-0.3, -0.25) is 9.78 Å². The van der Waals surface area contributed by atoms with Gasteiger partial charge in [0.25, 0.3) is 0 Å². The normalized spacial score (nSPS) is 12.1. The fraction of sp³-hybridized carbons (Fsp3) is 0. The van der Waals surface area contributed by atoms with Gasteiger partial charge in [-0.1, -0.05) is 60.7 Å². The van der Waals surface area contributed by atoms with Gasteiger partial charge in [-0.15, -0.1) is 0 Å². The number of allylic oxidation sites excluding steroid dienone is 1. The molecule has 1 aliphatic carbocycles. The molecule has 0 fully saturated rings. The van der Waals surface area contributed by atoms with E-state index in [2.05, 4.69) is 4.98 Å². The zero-order valence-corrected chi connectivity index (χ0v) is 13.4. The van der Waals surface area contributed by atoms with Gasteiger partial charge in [0.05, 0.1) is 0 Å². The molecule has 0 saturated heterocycles. The van der Waals surface area contributed by atoms with Crippen molar-refractivity contribution >= 4 is 33.5 Å². The summed E-state index contributed by atoms with van der Waals surface area (Å²) in [6.07, 6.45) is 5.19. The second kappa shape index (κ2) is 6.21. The number of fused-ring (bicyclic) bond motifs is 1. The Bertz CT molecular complexity index is 1120. The van der Waals surface area contributed by atoms with Crippen LogP contribution in [0.3, 0.4) is 0 Å². The number of carbonyl (C=O) groups is 1. The van der Waals surface area contributed by atoms with Crippen LogP contribution in [0.4, 0.5) is 0 Å². The maximum atomic E-state index is 11.6. The molecule has 4 aromatic rings. The molecule has 0 unspecified atom stereocenters. The number of phenolic OH excluding ortho intramolecular Hbond substituents is 1. The number of hydrogen-bond acceptors (Lipinski definition) is 3. The molecule has 0 amide bonds. The van der Waals surface area contributed by atoms with Gasteiger partial charge >= 0.3 is 0 Å². The summed E-state index contributed by atoms with van der Waals surface area (Å²) in [6.45, 7) is 0. The zero-order valence-electron chi connectivity index (χ0n) is 13.4. The molecule has 25 heavy (non-hydrogen) atoms. The van der Waals surface area contributed by atoms with Crippen LogP contribution in [0, 0.1) is 0 Å². The number of rotatable bonds is 0. The SMILES string of the molecule is O=C1C=Cc2cccc3cccc1c23.Oc1cccc2cccnc12. The third kappa shape index (κ3) is 2.76. The maximum absolute atomic E-state index is 11.6. The molecule has 5 rings (SSSR count). The Morgan fingerprint density at radius 3 is 2.32 bits per heavy atom. The number of pyridine rings is 1. The lowest BCUT2D eigenvalue weighted by molar-refractivity contribution is 0.104. The van der Waals surface area contributed by atoms with Crippen molar-refractivity contribution < 1.29 is 9.90 Å². The van der Waals surface area contributed by atoms with Crippen LogP contribution in [0.2, 0.25) is 0 Å². The summed E-state index contributed by atoms with van der Waals surface area (Å²) >= 11 is 0. The molecule has 0 spiro atoms. The Morgan fingerprint density at radius 2 is 1.48 bits per heavy atom. The molecule has 0 radical (unpaired) electrons. The predicted molar refractivity (Wildman–Crippen MR) is 101 cm³/mol. The van der Waals surface area contributed by atoms with Crippen LogP contribution in [0.25, 0.3) is 27.8 Å². The minimum Gasteiger partial charge on any atom is -0.506 e. The van der Waals surface area contributed by atoms with E-state index in [-0.39, 0.29) is 11.5 Å². The molecule has 0 bridgehead atoms. The Morgan fingerprint density at radius 1 is 0.760 bits per heavy atom. The fourth-order valence-corrected chi connectivity index (χ4v) is 3.06. The highest BCUT2D eigenvalue weighted by molar-refractivity contribution is 6.19. The number of hydrogen-bond donors (Lipinski definition) is 1. The summed E-state index contributed by atoms with van der Waals surface area (Å²) in [4.78, 5) is 15.6. The van der Waals surface area contributed by atoms with Crippen molar-refractivity contribution in [3.05, 3.63) is 90.1 Å². The average molecular weight is 325 g/mol. The Balaban J connectivity index is 0.000000129. The van der Waals surface area contributed by atoms with E-state index in [0.717, 1.165) is 27.3 Å². The van der Waals surface area contributed by atoms with E-state index in [1.165, 1.54) is 0 Å². The Hall–Kier alpha value is -3.46. The van der Waals surface area contributed by atoms with Crippen LogP contribution in [0.1, 0.15) is 15.9 Å². The fourth-order valence-electron chi connectivity index (χ4n) is 3.06. The van der Waals surface area contributed by atoms with E-state index in [9.17, 15) is 9.90 Å². The van der Waals surface area contributed by atoms with Crippen molar-refractivity contribution in [3.63, 3.8) is 0 Å². The van der Waals surface area contributed by atoms with Crippen LogP contribution >= 0.6 is 0 Å². The van der Waals surface area contributed by atoms with Crippen LogP contribution in [-0.4, -0.2) is 15.9 Å². The first kappa shape index (κ1) is 15.1. The lowest BCUT2D eigenvalue weighted by Crippen LogP contribution is -2.00. The monoisotopic (exact) mass is 325 g/mol. The van der Waals surface area contributed by atoms with Crippen LogP contribution in [-0.2, 0) is 0 Å². The number of para-hydroxylation sites is 1. The molecular weight excluding hydrogens is 310 g/mol. The highest BCUT2D eigenvalue weighted by Crippen LogP contribution is 2.27. The van der Waals surface area contributed by atoms with Gasteiger partial charge < -0.3 is 5.11 Å². The molecule has 0 aliphatic heterocycles. The van der Waals surface area contributed by atoms with Crippen LogP contribution < -0.4 is 0 Å². The third-order valence-electron chi connectivity index (χ3n) is 4.23. The summed E-state index contributed by atoms with van der Waals surface area (Å²) in [5.74, 6) is 0.345. The first-order valence-electron chi connectivity index (χ1n) is 8.01. The molecule has 3 heteroatoms. The van der Waals surface area contributed by atoms with Gasteiger partial charge in [-0.05, 0) is 29.2 Å². The maximum Gasteiger partial charge on any atom is 0.186 e. The number of ketones is 1. The van der Waals surface area contributed by atoms with Crippen molar-refractivity contribution in [3.8, 4) is 5.75 Å². The van der Waals surface area contributed by atoms with Crippen LogP contribution in [0.5, 0.6) is 5.75 Å². The van der Waals surface area contributed by atoms with Gasteiger partial charge in [0, 0.05) is 22.5 Å². The molecular formula is C22H15NO2. The Labute approximate surface area is 144 Å². The standard InChI is InChI=1S/C13H8O.C9H7NO/c14-12-8-7-10-4-1-3-9-5-2-6-11(12)13(9)10;11-8-5-1-3-7-4-2-6-10-9(7)8/h1-8H;1-6,11H. The highest BCUT2D eigenvalue weighted by atomic mass is 16.3. The summed E-state index contributed by atoms with van der Waals surface area (Å²) in [6, 6.07) is 21.1. The smallest absolute Gasteiger partial charge is 0.186 e. The summed E-state index contributed by atoms with van der Waals surface area (Å²) < 4.78 is 0. The molecule has 3 aromatic carbocycles. The van der Waals surface area contributed by atoms with Crippen molar-refractivity contribution in [2.45, 2.75) is 0 Å². The summed E-state index contributed by atoms with van der Waals surface area (Å²) in [5.41, 5.74) is 2.62. The van der Waals surface area contributed by atoms with Crippen molar-refractivity contribution in [1.29, 1.82) is 0 Å². The molecule has 1 N–H and O–H groups in total. The number of carbonyl (C=O) groups excluding carboxylic acids is 1. The lowest BCUT2D eigenvalue weighted by atomic mass is 9.92. The van der Waals surface area contributed by atoms with Crippen molar-refractivity contribution in [2.24, 2.45) is 0 Å². The molecule has 3 nitrogen and oxygen atoms in total. The minimum atomic E-state index is 0.106. The molecule has 1 aliphatic rings. The van der Waals surface area contributed by atoms with Gasteiger partial charge in [-0.25, -0.2) is 0 Å². The van der Waals surface area contributed by atoms with Gasteiger partial charge in [0.15, 0.2) is 5.78 Å². The Kier molecular flexibility index (Phi) is 3.75. The molecule has 0 atom stereocenters. The minimum absolute atomic E-state index is 0.106. The molecule has 1 heterocycles. The van der Waals surface area contributed by atoms with E-state index < -0.39 is 0 Å². The predicted octanol–water partition coefficient (Wildman–Crippen LogP) is 4.99. The topological polar surface area (TPSA) is 50.2 Å². The molecule has 120 valence electrons. The third-order valence-corrected chi connectivity index (χ3v) is 4.23. The average Bonchev–Trinajstić information content (AvgIpc) is 2.66. The number of nitrogens with zero attached hydrogens (tertiary/aromatic N) is 1. The van der Waals surface area contributed by atoms with Gasteiger partial charge in [-0.2, -0.15) is 0 Å². The zero-order chi connectivity index (χ0) is 17.2. The molecule has 1 aromatic heterocycles. The number of phenols is 1. The number of benzene rings is 3. The van der Waals surface area contributed by atoms with E-state index in [1.54, 1.807) is 24.4 Å². The highest BCUT2D eigenvalue weighted by Gasteiger charge is 2.13. The second-order valence-electron chi connectivity index (χ2n) is 5.80. The lowest BCUT2D eigenvalue weighted by Gasteiger charge is -2.10. The van der Waals surface area contributed by atoms with E-state index in [4.69, 9.17) is 0 Å². The number of aromatic hydroxyl groups is 1. The van der Waals surface area contributed by atoms with E-state index in [0.29, 0.717) is 5.52 Å². The van der Waals surface area contributed by atoms with Gasteiger partial charge in [0.1, 0.15) is 11.3 Å². The van der Waals surface area contributed by atoms with Crippen LogP contribution in [0.15, 0.2) is 79.0 Å². The largest absolute Gasteiger partial charge is 0.506 e. The van der Waals surface area contributed by atoms with E-state index >= 15 is 0 Å². The number of aromatic nitrogens is 1. The quantitative estimate of drug-likeness (QED) is 0.495. The first-order valence-corrected chi connectivity index (χ1v) is 8.01. The second-order valence-corrected chi connectivity index (χ2v) is 5.80. The van der Waals surface area contributed by atoms with Gasteiger partial charge in [0.2, 0.25) is 0 Å².